The third-order valence-electron chi connectivity index (χ3n) is 3.09. The van der Waals surface area contributed by atoms with Gasteiger partial charge in [-0.3, -0.25) is 5.43 Å². The van der Waals surface area contributed by atoms with E-state index >= 15 is 0 Å². The maximum Gasteiger partial charge on any atom is 0.347 e. The summed E-state index contributed by atoms with van der Waals surface area (Å²) >= 11 is 1.36. The molecular weight excluding hydrogens is 356 g/mol. The summed E-state index contributed by atoms with van der Waals surface area (Å²) in [6, 6.07) is 5.30. The number of carbonyl (C=O) groups is 1. The van der Waals surface area contributed by atoms with Crippen LogP contribution in [0.15, 0.2) is 28.7 Å². The molecule has 140 valence electrons. The lowest BCUT2D eigenvalue weighted by Gasteiger charge is -2.16. The van der Waals surface area contributed by atoms with Crippen LogP contribution in [0.4, 0.5) is 10.9 Å². The Hall–Kier alpha value is -2.81. The maximum absolute atomic E-state index is 11.7. The third kappa shape index (κ3) is 5.62. The molecule has 0 saturated carbocycles. The van der Waals surface area contributed by atoms with Gasteiger partial charge in [0.05, 0.1) is 19.4 Å². The molecule has 0 saturated heterocycles. The molecular formula is C17H22N4O4S. The Balaban J connectivity index is 2.07. The van der Waals surface area contributed by atoms with Crippen molar-refractivity contribution in [3.05, 3.63) is 29.1 Å². The van der Waals surface area contributed by atoms with Gasteiger partial charge in [0.1, 0.15) is 5.82 Å². The third-order valence-corrected chi connectivity index (χ3v) is 3.85. The first kappa shape index (κ1) is 19.5. The van der Waals surface area contributed by atoms with Crippen LogP contribution in [0, 0.1) is 0 Å². The van der Waals surface area contributed by atoms with Gasteiger partial charge >= 0.3 is 5.97 Å². The molecule has 0 aliphatic heterocycles. The summed E-state index contributed by atoms with van der Waals surface area (Å²) in [4.78, 5) is 15.8. The second kappa shape index (κ2) is 9.62. The summed E-state index contributed by atoms with van der Waals surface area (Å²) in [6.45, 7) is 6.01. The zero-order valence-corrected chi connectivity index (χ0v) is 15.7. The molecule has 1 aromatic carbocycles. The van der Waals surface area contributed by atoms with E-state index < -0.39 is 12.1 Å². The number of hydrogen-bond donors (Lipinski definition) is 2. The molecule has 9 heteroatoms. The van der Waals surface area contributed by atoms with Crippen molar-refractivity contribution in [2.45, 2.75) is 26.9 Å². The van der Waals surface area contributed by atoms with Gasteiger partial charge in [0.25, 0.3) is 0 Å². The molecule has 0 spiro atoms. The highest BCUT2D eigenvalue weighted by atomic mass is 32.1. The Morgan fingerprint density at radius 3 is 2.85 bits per heavy atom. The summed E-state index contributed by atoms with van der Waals surface area (Å²) in [7, 11) is 0. The number of carbonyl (C=O) groups excluding carboxylic acids is 1. The van der Waals surface area contributed by atoms with Crippen LogP contribution < -0.4 is 20.6 Å². The zero-order chi connectivity index (χ0) is 18.9. The second-order valence-electron chi connectivity index (χ2n) is 5.10. The predicted octanol–water partition coefficient (Wildman–Crippen LogP) is 2.90. The number of aromatic nitrogens is 1. The highest BCUT2D eigenvalue weighted by molar-refractivity contribution is 7.14. The number of hydrazone groups is 1. The topological polar surface area (TPSA) is 108 Å². The fraction of sp³-hybridized carbons (Fsp3) is 0.353. The highest BCUT2D eigenvalue weighted by Gasteiger charge is 2.18. The van der Waals surface area contributed by atoms with Crippen molar-refractivity contribution in [1.29, 1.82) is 0 Å². The van der Waals surface area contributed by atoms with Crippen LogP contribution in [0.3, 0.4) is 0 Å². The van der Waals surface area contributed by atoms with E-state index in [0.29, 0.717) is 35.7 Å². The molecule has 0 bridgehead atoms. The first-order valence-electron chi connectivity index (χ1n) is 8.13. The first-order valence-corrected chi connectivity index (χ1v) is 9.01. The quantitative estimate of drug-likeness (QED) is 0.392. The van der Waals surface area contributed by atoms with Gasteiger partial charge in [-0.05, 0) is 44.5 Å². The molecule has 0 fully saturated rings. The fourth-order valence-corrected chi connectivity index (χ4v) is 2.52. The Kier molecular flexibility index (Phi) is 7.22. The van der Waals surface area contributed by atoms with Gasteiger partial charge in [-0.15, -0.1) is 11.3 Å². The summed E-state index contributed by atoms with van der Waals surface area (Å²) in [5, 5.41) is 6.44. The summed E-state index contributed by atoms with van der Waals surface area (Å²) in [5.74, 6) is 1.01. The van der Waals surface area contributed by atoms with Crippen molar-refractivity contribution < 1.29 is 19.0 Å². The van der Waals surface area contributed by atoms with Crippen LogP contribution in [0.2, 0.25) is 0 Å². The van der Waals surface area contributed by atoms with Gasteiger partial charge in [0.2, 0.25) is 5.13 Å². The Morgan fingerprint density at radius 1 is 1.38 bits per heavy atom. The van der Waals surface area contributed by atoms with E-state index in [1.165, 1.54) is 11.3 Å². The average molecular weight is 378 g/mol. The van der Waals surface area contributed by atoms with Crippen molar-refractivity contribution in [3.63, 3.8) is 0 Å². The summed E-state index contributed by atoms with van der Waals surface area (Å²) in [6.07, 6.45) is 0.893. The molecule has 1 atom stereocenters. The molecule has 0 radical (unpaired) electrons. The van der Waals surface area contributed by atoms with Crippen molar-refractivity contribution in [3.8, 4) is 11.5 Å². The van der Waals surface area contributed by atoms with E-state index in [2.05, 4.69) is 15.5 Å². The van der Waals surface area contributed by atoms with Crippen molar-refractivity contribution in [1.82, 2.24) is 4.98 Å². The number of nitrogen functional groups attached to an aromatic ring is 1. The second-order valence-corrected chi connectivity index (χ2v) is 5.96. The smallest absolute Gasteiger partial charge is 0.347 e. The van der Waals surface area contributed by atoms with Gasteiger partial charge in [-0.2, -0.15) is 5.10 Å². The monoisotopic (exact) mass is 378 g/mol. The molecule has 26 heavy (non-hydrogen) atoms. The maximum atomic E-state index is 11.7. The average Bonchev–Trinajstić information content (AvgIpc) is 3.02. The number of nitrogens with one attached hydrogen (secondary N) is 1. The van der Waals surface area contributed by atoms with Crippen LogP contribution in [0.25, 0.3) is 0 Å². The Labute approximate surface area is 156 Å². The summed E-state index contributed by atoms with van der Waals surface area (Å²) in [5.41, 5.74) is 9.15. The lowest BCUT2D eigenvalue weighted by Crippen LogP contribution is -2.26. The molecule has 1 heterocycles. The Bertz CT molecular complexity index is 763. The largest absolute Gasteiger partial charge is 0.490 e. The predicted molar refractivity (Wildman–Crippen MR) is 102 cm³/mol. The minimum atomic E-state index is -0.731. The van der Waals surface area contributed by atoms with Crippen LogP contribution in [0.5, 0.6) is 11.5 Å². The van der Waals surface area contributed by atoms with E-state index in [1.807, 2.05) is 6.92 Å². The lowest BCUT2D eigenvalue weighted by atomic mass is 10.2. The number of benzene rings is 1. The number of ether oxygens (including phenoxy) is 3. The van der Waals surface area contributed by atoms with E-state index in [-0.39, 0.29) is 0 Å². The van der Waals surface area contributed by atoms with Crippen molar-refractivity contribution >= 4 is 34.5 Å². The Morgan fingerprint density at radius 2 is 2.19 bits per heavy atom. The molecule has 1 aromatic heterocycles. The SMILES string of the molecule is CCOC(=O)C(C)Oc1ccc(C=NNc2nc(N)cs2)cc1OCC. The number of rotatable bonds is 9. The normalized spacial score (nSPS) is 12.0. The zero-order valence-electron chi connectivity index (χ0n) is 14.9. The van der Waals surface area contributed by atoms with Gasteiger partial charge in [0.15, 0.2) is 17.6 Å². The molecule has 0 aliphatic rings. The number of nitrogens with two attached hydrogens (primary N) is 1. The van der Waals surface area contributed by atoms with E-state index in [1.54, 1.807) is 43.6 Å². The van der Waals surface area contributed by atoms with Crippen molar-refractivity contribution in [2.75, 3.05) is 24.4 Å². The number of thiazole rings is 1. The standard InChI is InChI=1S/C17H22N4O4S/c1-4-23-14-8-12(9-19-21-17-20-15(18)10-26-17)6-7-13(14)25-11(3)16(22)24-5-2/h6-11H,4-5,18H2,1-3H3,(H,20,21). The number of hydrogen-bond acceptors (Lipinski definition) is 9. The molecule has 8 nitrogen and oxygen atoms in total. The molecule has 0 aliphatic carbocycles. The van der Waals surface area contributed by atoms with Crippen LogP contribution in [-0.2, 0) is 9.53 Å². The van der Waals surface area contributed by atoms with E-state index in [0.717, 1.165) is 5.56 Å². The van der Waals surface area contributed by atoms with Gasteiger partial charge < -0.3 is 19.9 Å². The van der Waals surface area contributed by atoms with E-state index in [9.17, 15) is 4.79 Å². The van der Waals surface area contributed by atoms with Gasteiger partial charge in [-0.25, -0.2) is 9.78 Å². The van der Waals surface area contributed by atoms with Crippen LogP contribution in [0.1, 0.15) is 26.3 Å². The number of nitrogens with zero attached hydrogens (tertiary/aromatic N) is 2. The molecule has 2 rings (SSSR count). The summed E-state index contributed by atoms with van der Waals surface area (Å²) < 4.78 is 16.2. The molecule has 0 amide bonds. The first-order chi connectivity index (χ1) is 12.5. The van der Waals surface area contributed by atoms with Gasteiger partial charge in [-0.1, -0.05) is 0 Å². The van der Waals surface area contributed by atoms with Crippen molar-refractivity contribution in [2.24, 2.45) is 5.10 Å². The molecule has 2 aromatic rings. The minimum Gasteiger partial charge on any atom is -0.490 e. The number of anilines is 2. The molecule has 3 N–H and O–H groups in total. The minimum absolute atomic E-state index is 0.304. The van der Waals surface area contributed by atoms with Crippen LogP contribution in [-0.4, -0.2) is 36.5 Å². The molecule has 1 unspecified atom stereocenters. The van der Waals surface area contributed by atoms with Gasteiger partial charge in [0, 0.05) is 5.38 Å². The van der Waals surface area contributed by atoms with E-state index in [4.69, 9.17) is 19.9 Å². The lowest BCUT2D eigenvalue weighted by molar-refractivity contribution is -0.150. The highest BCUT2D eigenvalue weighted by Crippen LogP contribution is 2.29. The van der Waals surface area contributed by atoms with Crippen LogP contribution >= 0.6 is 11.3 Å². The number of esters is 1. The fourth-order valence-electron chi connectivity index (χ4n) is 1.97.